The Morgan fingerprint density at radius 1 is 1.05 bits per heavy atom. The van der Waals surface area contributed by atoms with Gasteiger partial charge in [-0.15, -0.1) is 0 Å². The highest BCUT2D eigenvalue weighted by Crippen LogP contribution is 2.23. The van der Waals surface area contributed by atoms with E-state index in [1.54, 1.807) is 18.2 Å². The van der Waals surface area contributed by atoms with E-state index in [0.29, 0.717) is 29.2 Å². The molecule has 0 bridgehead atoms. The zero-order chi connectivity index (χ0) is 15.3. The Bertz CT molecular complexity index is 694. The van der Waals surface area contributed by atoms with Gasteiger partial charge in [0.2, 0.25) is 0 Å². The van der Waals surface area contributed by atoms with E-state index in [9.17, 15) is 8.42 Å². The number of nitrogens with one attached hydrogen (secondary N) is 1. The SMILES string of the molecule is CCCS(=O)(=O)c1ccccc1NCc1ccc(N)cc1. The molecule has 0 aliphatic carbocycles. The van der Waals surface area contributed by atoms with Gasteiger partial charge in [0.1, 0.15) is 0 Å². The first-order valence-electron chi connectivity index (χ1n) is 6.93. The molecule has 0 spiro atoms. The summed E-state index contributed by atoms with van der Waals surface area (Å²) < 4.78 is 24.5. The minimum atomic E-state index is -3.23. The predicted octanol–water partition coefficient (Wildman–Crippen LogP) is 3.06. The van der Waals surface area contributed by atoms with E-state index in [1.165, 1.54) is 0 Å². The van der Waals surface area contributed by atoms with Gasteiger partial charge >= 0.3 is 0 Å². The van der Waals surface area contributed by atoms with Crippen LogP contribution in [0.4, 0.5) is 11.4 Å². The summed E-state index contributed by atoms with van der Waals surface area (Å²) in [5, 5.41) is 3.19. The lowest BCUT2D eigenvalue weighted by atomic mass is 10.2. The van der Waals surface area contributed by atoms with Crippen molar-refractivity contribution in [2.45, 2.75) is 24.8 Å². The predicted molar refractivity (Wildman–Crippen MR) is 87.0 cm³/mol. The van der Waals surface area contributed by atoms with Crippen LogP contribution in [0.2, 0.25) is 0 Å². The number of nitrogen functional groups attached to an aromatic ring is 1. The summed E-state index contributed by atoms with van der Waals surface area (Å²) in [6, 6.07) is 14.5. The van der Waals surface area contributed by atoms with E-state index >= 15 is 0 Å². The van der Waals surface area contributed by atoms with Crippen LogP contribution in [-0.2, 0) is 16.4 Å². The minimum absolute atomic E-state index is 0.160. The summed E-state index contributed by atoms with van der Waals surface area (Å²) in [6.07, 6.45) is 0.606. The maximum atomic E-state index is 12.3. The molecule has 0 heterocycles. The third-order valence-electron chi connectivity index (χ3n) is 3.16. The van der Waals surface area contributed by atoms with Gasteiger partial charge in [-0.2, -0.15) is 0 Å². The standard InChI is InChI=1S/C16H20N2O2S/c1-2-11-21(19,20)16-6-4-3-5-15(16)18-12-13-7-9-14(17)10-8-13/h3-10,18H,2,11-12,17H2,1H3. The Kier molecular flexibility index (Phi) is 4.85. The van der Waals surface area contributed by atoms with Gasteiger partial charge in [-0.05, 0) is 36.2 Å². The van der Waals surface area contributed by atoms with Crippen LogP contribution in [0.3, 0.4) is 0 Å². The van der Waals surface area contributed by atoms with Crippen molar-refractivity contribution < 1.29 is 8.42 Å². The lowest BCUT2D eigenvalue weighted by molar-refractivity contribution is 0.595. The smallest absolute Gasteiger partial charge is 0.180 e. The largest absolute Gasteiger partial charge is 0.399 e. The highest BCUT2D eigenvalue weighted by Gasteiger charge is 2.16. The fourth-order valence-electron chi connectivity index (χ4n) is 2.10. The minimum Gasteiger partial charge on any atom is -0.399 e. The molecule has 5 heteroatoms. The Morgan fingerprint density at radius 3 is 2.38 bits per heavy atom. The zero-order valence-electron chi connectivity index (χ0n) is 12.0. The third-order valence-corrected chi connectivity index (χ3v) is 5.13. The topological polar surface area (TPSA) is 72.2 Å². The number of hydrogen-bond donors (Lipinski definition) is 2. The highest BCUT2D eigenvalue weighted by molar-refractivity contribution is 7.91. The van der Waals surface area contributed by atoms with Gasteiger partial charge in [0.15, 0.2) is 9.84 Å². The van der Waals surface area contributed by atoms with E-state index in [-0.39, 0.29) is 5.75 Å². The maximum Gasteiger partial charge on any atom is 0.180 e. The second-order valence-electron chi connectivity index (χ2n) is 4.91. The lowest BCUT2D eigenvalue weighted by Gasteiger charge is -2.12. The fraction of sp³-hybridized carbons (Fsp3) is 0.250. The number of para-hydroxylation sites is 1. The molecule has 112 valence electrons. The lowest BCUT2D eigenvalue weighted by Crippen LogP contribution is -2.10. The summed E-state index contributed by atoms with van der Waals surface area (Å²) in [6.45, 7) is 2.42. The van der Waals surface area contributed by atoms with Gasteiger partial charge in [0.25, 0.3) is 0 Å². The van der Waals surface area contributed by atoms with E-state index in [0.717, 1.165) is 5.56 Å². The van der Waals surface area contributed by atoms with E-state index in [2.05, 4.69) is 5.32 Å². The molecule has 0 saturated heterocycles. The molecule has 2 aromatic rings. The Morgan fingerprint density at radius 2 is 1.71 bits per heavy atom. The average Bonchev–Trinajstić information content (AvgIpc) is 2.47. The van der Waals surface area contributed by atoms with Gasteiger partial charge < -0.3 is 11.1 Å². The fourth-order valence-corrected chi connectivity index (χ4v) is 3.61. The molecule has 0 saturated carbocycles. The summed E-state index contributed by atoms with van der Waals surface area (Å²) >= 11 is 0. The van der Waals surface area contributed by atoms with Gasteiger partial charge in [-0.25, -0.2) is 8.42 Å². The molecule has 0 aliphatic heterocycles. The molecule has 0 amide bonds. The number of rotatable bonds is 6. The highest BCUT2D eigenvalue weighted by atomic mass is 32.2. The maximum absolute atomic E-state index is 12.3. The molecule has 0 unspecified atom stereocenters. The van der Waals surface area contributed by atoms with Crippen molar-refractivity contribution in [1.29, 1.82) is 0 Å². The summed E-state index contributed by atoms with van der Waals surface area (Å²) in [5.74, 6) is 0.160. The Labute approximate surface area is 125 Å². The van der Waals surface area contributed by atoms with Crippen LogP contribution >= 0.6 is 0 Å². The molecule has 0 aliphatic rings. The van der Waals surface area contributed by atoms with Crippen molar-refractivity contribution in [2.75, 3.05) is 16.8 Å². The number of anilines is 2. The van der Waals surface area contributed by atoms with E-state index in [1.807, 2.05) is 37.3 Å². The molecule has 21 heavy (non-hydrogen) atoms. The van der Waals surface area contributed by atoms with Crippen molar-refractivity contribution in [1.82, 2.24) is 0 Å². The molecule has 0 radical (unpaired) electrons. The van der Waals surface area contributed by atoms with Gasteiger partial charge in [-0.3, -0.25) is 0 Å². The van der Waals surface area contributed by atoms with Crippen LogP contribution in [0.5, 0.6) is 0 Å². The first-order chi connectivity index (χ1) is 10.0. The number of nitrogens with two attached hydrogens (primary N) is 1. The van der Waals surface area contributed by atoms with Crippen LogP contribution in [0.1, 0.15) is 18.9 Å². The third kappa shape index (κ3) is 3.98. The normalized spacial score (nSPS) is 11.3. The number of sulfone groups is 1. The molecule has 2 aromatic carbocycles. The van der Waals surface area contributed by atoms with Crippen LogP contribution in [0, 0.1) is 0 Å². The number of benzene rings is 2. The molecule has 0 fully saturated rings. The summed E-state index contributed by atoms with van der Waals surface area (Å²) in [5.41, 5.74) is 8.05. The zero-order valence-corrected chi connectivity index (χ0v) is 12.9. The summed E-state index contributed by atoms with van der Waals surface area (Å²) in [7, 11) is -3.23. The van der Waals surface area contributed by atoms with Crippen LogP contribution in [-0.4, -0.2) is 14.2 Å². The second-order valence-corrected chi connectivity index (χ2v) is 6.99. The van der Waals surface area contributed by atoms with Crippen molar-refractivity contribution >= 4 is 21.2 Å². The van der Waals surface area contributed by atoms with Crippen molar-refractivity contribution in [3.05, 3.63) is 54.1 Å². The van der Waals surface area contributed by atoms with Crippen LogP contribution in [0.15, 0.2) is 53.4 Å². The number of hydrogen-bond acceptors (Lipinski definition) is 4. The molecule has 2 rings (SSSR count). The first kappa shape index (κ1) is 15.4. The van der Waals surface area contributed by atoms with Gasteiger partial charge in [0.05, 0.1) is 16.3 Å². The molecule has 0 aromatic heterocycles. The van der Waals surface area contributed by atoms with Crippen molar-refractivity contribution in [3.8, 4) is 0 Å². The Hall–Kier alpha value is -2.01. The quantitative estimate of drug-likeness (QED) is 0.805. The second kappa shape index (κ2) is 6.63. The van der Waals surface area contributed by atoms with E-state index < -0.39 is 9.84 Å². The van der Waals surface area contributed by atoms with Crippen molar-refractivity contribution in [2.24, 2.45) is 0 Å². The molecular weight excluding hydrogens is 284 g/mol. The molecule has 0 atom stereocenters. The van der Waals surface area contributed by atoms with Gasteiger partial charge in [0, 0.05) is 12.2 Å². The average molecular weight is 304 g/mol. The molecule has 3 N–H and O–H groups in total. The van der Waals surface area contributed by atoms with Crippen molar-refractivity contribution in [3.63, 3.8) is 0 Å². The first-order valence-corrected chi connectivity index (χ1v) is 8.58. The van der Waals surface area contributed by atoms with Crippen LogP contribution < -0.4 is 11.1 Å². The van der Waals surface area contributed by atoms with E-state index in [4.69, 9.17) is 5.73 Å². The monoisotopic (exact) mass is 304 g/mol. The molecular formula is C16H20N2O2S. The Balaban J connectivity index is 2.19. The summed E-state index contributed by atoms with van der Waals surface area (Å²) in [4.78, 5) is 0.363. The van der Waals surface area contributed by atoms with Gasteiger partial charge in [-0.1, -0.05) is 31.2 Å². The molecule has 4 nitrogen and oxygen atoms in total. The van der Waals surface area contributed by atoms with Crippen LogP contribution in [0.25, 0.3) is 0 Å².